The number of hydrogen-bond acceptors (Lipinski definition) is 3. The lowest BCUT2D eigenvalue weighted by atomic mass is 10.1. The van der Waals surface area contributed by atoms with Crippen molar-refractivity contribution in [1.82, 2.24) is 14.8 Å². The maximum absolute atomic E-state index is 11.4. The van der Waals surface area contributed by atoms with Gasteiger partial charge in [-0.05, 0) is 30.3 Å². The van der Waals surface area contributed by atoms with E-state index >= 15 is 0 Å². The number of nitrogens with zero attached hydrogens (tertiary/aromatic N) is 3. The summed E-state index contributed by atoms with van der Waals surface area (Å²) < 4.78 is 2.45. The molecular formula is C15H10BrN3O2. The van der Waals surface area contributed by atoms with Crippen LogP contribution in [-0.4, -0.2) is 25.8 Å². The Hall–Kier alpha value is -2.47. The summed E-state index contributed by atoms with van der Waals surface area (Å²) in [5.41, 5.74) is 1.99. The number of benzene rings is 1. The smallest absolute Gasteiger partial charge is 0.339 e. The third kappa shape index (κ3) is 2.71. The average molecular weight is 344 g/mol. The fourth-order valence-electron chi connectivity index (χ4n) is 2.00. The first-order valence-electron chi connectivity index (χ1n) is 6.14. The van der Waals surface area contributed by atoms with Gasteiger partial charge in [0.1, 0.15) is 11.3 Å². The van der Waals surface area contributed by atoms with E-state index in [0.717, 1.165) is 10.2 Å². The number of halogens is 1. The number of aromatic nitrogens is 3. The fraction of sp³-hybridized carbons (Fsp3) is 0. The maximum Gasteiger partial charge on any atom is 0.339 e. The minimum atomic E-state index is -1.02. The molecule has 2 heterocycles. The molecule has 3 rings (SSSR count). The normalized spacial score (nSPS) is 10.5. The van der Waals surface area contributed by atoms with Gasteiger partial charge in [0, 0.05) is 28.6 Å². The van der Waals surface area contributed by atoms with E-state index in [1.807, 2.05) is 24.3 Å². The lowest BCUT2D eigenvalue weighted by molar-refractivity contribution is 0.0697. The van der Waals surface area contributed by atoms with Crippen LogP contribution in [0.15, 0.2) is 59.5 Å². The first-order valence-corrected chi connectivity index (χ1v) is 6.94. The van der Waals surface area contributed by atoms with E-state index in [9.17, 15) is 9.90 Å². The van der Waals surface area contributed by atoms with Crippen molar-refractivity contribution in [3.8, 4) is 16.9 Å². The molecule has 1 aromatic carbocycles. The van der Waals surface area contributed by atoms with Crippen molar-refractivity contribution in [2.75, 3.05) is 0 Å². The average Bonchev–Trinajstić information content (AvgIpc) is 2.93. The maximum atomic E-state index is 11.4. The summed E-state index contributed by atoms with van der Waals surface area (Å²) in [6, 6.07) is 11.0. The van der Waals surface area contributed by atoms with Crippen molar-refractivity contribution in [3.05, 3.63) is 65.0 Å². The number of rotatable bonds is 3. The number of hydrogen-bond donors (Lipinski definition) is 1. The van der Waals surface area contributed by atoms with Crippen LogP contribution in [0.5, 0.6) is 0 Å². The van der Waals surface area contributed by atoms with Crippen LogP contribution < -0.4 is 0 Å². The number of carbonyl (C=O) groups is 1. The predicted octanol–water partition coefficient (Wildman–Crippen LogP) is 3.40. The molecule has 0 saturated carbocycles. The zero-order chi connectivity index (χ0) is 14.8. The molecule has 0 amide bonds. The molecule has 0 aliphatic rings. The zero-order valence-electron chi connectivity index (χ0n) is 10.8. The Morgan fingerprint density at radius 1 is 1.24 bits per heavy atom. The standard InChI is InChI=1S/C15H10BrN3O2/c16-11-4-1-5-12(7-11)19-9-13(15(20)21)14(18-19)10-3-2-6-17-8-10/h1-9H,(H,20,21). The van der Waals surface area contributed by atoms with Gasteiger partial charge in [-0.15, -0.1) is 0 Å². The van der Waals surface area contributed by atoms with Gasteiger partial charge in [-0.3, -0.25) is 4.98 Å². The van der Waals surface area contributed by atoms with Crippen molar-refractivity contribution in [3.63, 3.8) is 0 Å². The number of carboxylic acids is 1. The van der Waals surface area contributed by atoms with Gasteiger partial charge in [-0.25, -0.2) is 9.48 Å². The summed E-state index contributed by atoms with van der Waals surface area (Å²) >= 11 is 3.39. The highest BCUT2D eigenvalue weighted by Crippen LogP contribution is 2.24. The molecule has 5 nitrogen and oxygen atoms in total. The molecule has 2 aromatic heterocycles. The molecular weight excluding hydrogens is 334 g/mol. The zero-order valence-corrected chi connectivity index (χ0v) is 12.4. The second kappa shape index (κ2) is 5.49. The molecule has 0 aliphatic carbocycles. The van der Waals surface area contributed by atoms with Crippen LogP contribution in [0.4, 0.5) is 0 Å². The highest BCUT2D eigenvalue weighted by Gasteiger charge is 2.17. The van der Waals surface area contributed by atoms with E-state index < -0.39 is 5.97 Å². The molecule has 0 atom stereocenters. The minimum Gasteiger partial charge on any atom is -0.478 e. The third-order valence-corrected chi connectivity index (χ3v) is 3.45. The van der Waals surface area contributed by atoms with Crippen LogP contribution in [0.2, 0.25) is 0 Å². The highest BCUT2D eigenvalue weighted by molar-refractivity contribution is 9.10. The quantitative estimate of drug-likeness (QED) is 0.791. The first-order chi connectivity index (χ1) is 10.1. The van der Waals surface area contributed by atoms with Gasteiger partial charge in [0.25, 0.3) is 0 Å². The van der Waals surface area contributed by atoms with Crippen molar-refractivity contribution in [1.29, 1.82) is 0 Å². The predicted molar refractivity (Wildman–Crippen MR) is 81.5 cm³/mol. The molecule has 0 unspecified atom stereocenters. The van der Waals surface area contributed by atoms with Crippen molar-refractivity contribution in [2.24, 2.45) is 0 Å². The molecule has 0 fully saturated rings. The molecule has 0 spiro atoms. The van der Waals surface area contributed by atoms with Crippen LogP contribution in [-0.2, 0) is 0 Å². The van der Waals surface area contributed by atoms with Crippen LogP contribution in [0.3, 0.4) is 0 Å². The minimum absolute atomic E-state index is 0.142. The van der Waals surface area contributed by atoms with Gasteiger partial charge >= 0.3 is 5.97 Å². The number of pyridine rings is 1. The van der Waals surface area contributed by atoms with Gasteiger partial charge in [0.2, 0.25) is 0 Å². The van der Waals surface area contributed by atoms with E-state index in [4.69, 9.17) is 0 Å². The molecule has 0 bridgehead atoms. The Morgan fingerprint density at radius 3 is 2.76 bits per heavy atom. The first kappa shape index (κ1) is 13.5. The van der Waals surface area contributed by atoms with Gasteiger partial charge < -0.3 is 5.11 Å². The number of carboxylic acid groups (broad SMARTS) is 1. The summed E-state index contributed by atoms with van der Waals surface area (Å²) in [6.45, 7) is 0. The van der Waals surface area contributed by atoms with Crippen LogP contribution in [0.1, 0.15) is 10.4 Å². The van der Waals surface area contributed by atoms with Gasteiger partial charge in [-0.1, -0.05) is 22.0 Å². The molecule has 6 heteroatoms. The Bertz CT molecular complexity index is 800. The third-order valence-electron chi connectivity index (χ3n) is 2.95. The van der Waals surface area contributed by atoms with Crippen LogP contribution >= 0.6 is 15.9 Å². The van der Waals surface area contributed by atoms with Crippen molar-refractivity contribution < 1.29 is 9.90 Å². The second-order valence-electron chi connectivity index (χ2n) is 4.36. The fourth-order valence-corrected chi connectivity index (χ4v) is 2.38. The van der Waals surface area contributed by atoms with E-state index in [2.05, 4.69) is 26.0 Å². The van der Waals surface area contributed by atoms with Gasteiger partial charge in [-0.2, -0.15) is 5.10 Å². The van der Waals surface area contributed by atoms with Gasteiger partial charge in [0.05, 0.1) is 5.69 Å². The molecule has 1 N–H and O–H groups in total. The molecule has 3 aromatic rings. The van der Waals surface area contributed by atoms with E-state index in [0.29, 0.717) is 11.3 Å². The Morgan fingerprint density at radius 2 is 2.10 bits per heavy atom. The number of aromatic carboxylic acids is 1. The summed E-state index contributed by atoms with van der Waals surface area (Å²) in [5, 5.41) is 13.7. The van der Waals surface area contributed by atoms with E-state index in [1.54, 1.807) is 29.2 Å². The second-order valence-corrected chi connectivity index (χ2v) is 5.28. The monoisotopic (exact) mass is 343 g/mol. The Kier molecular flexibility index (Phi) is 3.53. The summed E-state index contributed by atoms with van der Waals surface area (Å²) in [6.07, 6.45) is 4.74. The molecule has 21 heavy (non-hydrogen) atoms. The molecule has 0 radical (unpaired) electrons. The largest absolute Gasteiger partial charge is 0.478 e. The SMILES string of the molecule is O=C(O)c1cn(-c2cccc(Br)c2)nc1-c1cccnc1. The van der Waals surface area contributed by atoms with E-state index in [-0.39, 0.29) is 5.56 Å². The molecule has 0 aliphatic heterocycles. The topological polar surface area (TPSA) is 68.0 Å². The summed E-state index contributed by atoms with van der Waals surface area (Å²) in [7, 11) is 0. The van der Waals surface area contributed by atoms with Gasteiger partial charge in [0.15, 0.2) is 0 Å². The highest BCUT2D eigenvalue weighted by atomic mass is 79.9. The Labute approximate surface area is 129 Å². The van der Waals surface area contributed by atoms with Crippen LogP contribution in [0.25, 0.3) is 16.9 Å². The summed E-state index contributed by atoms with van der Waals surface area (Å²) in [4.78, 5) is 15.4. The van der Waals surface area contributed by atoms with Crippen molar-refractivity contribution in [2.45, 2.75) is 0 Å². The lowest BCUT2D eigenvalue weighted by Crippen LogP contribution is -1.96. The molecule has 104 valence electrons. The van der Waals surface area contributed by atoms with E-state index in [1.165, 1.54) is 6.20 Å². The van der Waals surface area contributed by atoms with Crippen LogP contribution in [0, 0.1) is 0 Å². The summed E-state index contributed by atoms with van der Waals surface area (Å²) in [5.74, 6) is -1.02. The lowest BCUT2D eigenvalue weighted by Gasteiger charge is -2.01. The van der Waals surface area contributed by atoms with Crippen molar-refractivity contribution >= 4 is 21.9 Å². The Balaban J connectivity index is 2.15. The molecule has 0 saturated heterocycles.